The van der Waals surface area contributed by atoms with Crippen LogP contribution in [-0.2, 0) is 5.88 Å². The zero-order valence-electron chi connectivity index (χ0n) is 8.37. The predicted molar refractivity (Wildman–Crippen MR) is 56.7 cm³/mol. The number of hydrogen-bond acceptors (Lipinski definition) is 3. The van der Waals surface area contributed by atoms with Gasteiger partial charge in [-0.25, -0.2) is 0 Å². The summed E-state index contributed by atoms with van der Waals surface area (Å²) in [5, 5.41) is 0. The molecule has 0 amide bonds. The molecule has 14 heavy (non-hydrogen) atoms. The van der Waals surface area contributed by atoms with Crippen molar-refractivity contribution in [1.29, 1.82) is 0 Å². The molecule has 1 unspecified atom stereocenters. The number of hydrogen-bond donors (Lipinski definition) is 0. The highest BCUT2D eigenvalue weighted by Gasteiger charge is 2.19. The smallest absolute Gasteiger partial charge is 0.297 e. The van der Waals surface area contributed by atoms with E-state index in [1.54, 1.807) is 6.26 Å². The molecule has 0 N–H and O–H groups in total. The van der Waals surface area contributed by atoms with E-state index in [1.807, 2.05) is 0 Å². The van der Waals surface area contributed by atoms with E-state index in [0.717, 1.165) is 30.7 Å². The molecule has 4 heteroatoms. The Morgan fingerprint density at radius 1 is 1.71 bits per heavy atom. The van der Waals surface area contributed by atoms with E-state index < -0.39 is 0 Å². The highest BCUT2D eigenvalue weighted by Crippen LogP contribution is 2.22. The second kappa shape index (κ2) is 4.22. The molecule has 0 spiro atoms. The lowest BCUT2D eigenvalue weighted by Crippen LogP contribution is -2.34. The van der Waals surface area contributed by atoms with Gasteiger partial charge in [0.15, 0.2) is 0 Å². The largest absolute Gasteiger partial charge is 0.432 e. The molecule has 3 nitrogen and oxygen atoms in total. The first-order valence-electron chi connectivity index (χ1n) is 5.05. The van der Waals surface area contributed by atoms with Crippen molar-refractivity contribution >= 4 is 17.6 Å². The van der Waals surface area contributed by atoms with Gasteiger partial charge in [-0.1, -0.05) is 6.92 Å². The van der Waals surface area contributed by atoms with Crippen molar-refractivity contribution in [3.63, 3.8) is 0 Å². The molecule has 0 bridgehead atoms. The van der Waals surface area contributed by atoms with Gasteiger partial charge in [-0.05, 0) is 18.8 Å². The van der Waals surface area contributed by atoms with Crippen molar-refractivity contribution in [1.82, 2.24) is 4.98 Å². The molecular formula is C10H15ClN2O. The molecule has 1 aliphatic rings. The summed E-state index contributed by atoms with van der Waals surface area (Å²) in [6, 6.07) is 0.729. The standard InChI is InChI=1S/C10H15ClN2O/c1-8-3-2-4-13(6-8)10-12-9(5-11)7-14-10/h7-8H,2-6H2,1H3. The van der Waals surface area contributed by atoms with Crippen LogP contribution in [0.2, 0.25) is 0 Å². The second-order valence-corrected chi connectivity index (χ2v) is 4.22. The SMILES string of the molecule is CC1CCCN(c2nc(CCl)co2)C1. The van der Waals surface area contributed by atoms with Gasteiger partial charge in [0, 0.05) is 13.1 Å². The van der Waals surface area contributed by atoms with Crippen LogP contribution in [0.5, 0.6) is 0 Å². The molecule has 1 aromatic rings. The molecule has 78 valence electrons. The maximum Gasteiger partial charge on any atom is 0.297 e. The highest BCUT2D eigenvalue weighted by atomic mass is 35.5. The minimum absolute atomic E-state index is 0.424. The Kier molecular flexibility index (Phi) is 2.96. The molecule has 1 saturated heterocycles. The van der Waals surface area contributed by atoms with Gasteiger partial charge in [0.2, 0.25) is 0 Å². The van der Waals surface area contributed by atoms with E-state index in [4.69, 9.17) is 16.0 Å². The van der Waals surface area contributed by atoms with Crippen molar-refractivity contribution < 1.29 is 4.42 Å². The Labute approximate surface area is 89.1 Å². The van der Waals surface area contributed by atoms with Crippen molar-refractivity contribution in [2.24, 2.45) is 5.92 Å². The van der Waals surface area contributed by atoms with Gasteiger partial charge in [-0.2, -0.15) is 4.98 Å². The summed E-state index contributed by atoms with van der Waals surface area (Å²) in [5.41, 5.74) is 0.819. The molecule has 1 aliphatic heterocycles. The zero-order chi connectivity index (χ0) is 9.97. The third-order valence-electron chi connectivity index (χ3n) is 2.60. The fourth-order valence-electron chi connectivity index (χ4n) is 1.87. The average molecular weight is 215 g/mol. The summed E-state index contributed by atoms with van der Waals surface area (Å²) in [5.74, 6) is 1.16. The summed E-state index contributed by atoms with van der Waals surface area (Å²) in [6.07, 6.45) is 4.17. The molecule has 1 atom stereocenters. The summed E-state index contributed by atoms with van der Waals surface area (Å²) >= 11 is 5.67. The van der Waals surface area contributed by atoms with Crippen LogP contribution in [0.1, 0.15) is 25.5 Å². The van der Waals surface area contributed by atoms with Crippen LogP contribution in [-0.4, -0.2) is 18.1 Å². The first-order chi connectivity index (χ1) is 6.79. The Morgan fingerprint density at radius 3 is 3.21 bits per heavy atom. The molecule has 0 radical (unpaired) electrons. The van der Waals surface area contributed by atoms with Gasteiger partial charge in [-0.3, -0.25) is 0 Å². The zero-order valence-corrected chi connectivity index (χ0v) is 9.13. The summed E-state index contributed by atoms with van der Waals surface area (Å²) < 4.78 is 5.37. The van der Waals surface area contributed by atoms with Crippen molar-refractivity contribution in [2.45, 2.75) is 25.6 Å². The number of aromatic nitrogens is 1. The van der Waals surface area contributed by atoms with Crippen LogP contribution in [0, 0.1) is 5.92 Å². The topological polar surface area (TPSA) is 29.3 Å². The number of anilines is 1. The molecule has 1 fully saturated rings. The van der Waals surface area contributed by atoms with E-state index >= 15 is 0 Å². The molecule has 0 aromatic carbocycles. The van der Waals surface area contributed by atoms with Crippen molar-refractivity contribution in [3.05, 3.63) is 12.0 Å². The lowest BCUT2D eigenvalue weighted by molar-refractivity contribution is 0.416. The maximum absolute atomic E-state index is 5.67. The van der Waals surface area contributed by atoms with E-state index in [2.05, 4.69) is 16.8 Å². The molecule has 2 heterocycles. The fourth-order valence-corrected chi connectivity index (χ4v) is 1.99. The minimum Gasteiger partial charge on any atom is -0.432 e. The van der Waals surface area contributed by atoms with Gasteiger partial charge in [0.05, 0.1) is 11.6 Å². The van der Waals surface area contributed by atoms with Gasteiger partial charge >= 0.3 is 0 Å². The second-order valence-electron chi connectivity index (χ2n) is 3.95. The van der Waals surface area contributed by atoms with Crippen LogP contribution in [0.25, 0.3) is 0 Å². The lowest BCUT2D eigenvalue weighted by atomic mass is 10.0. The third kappa shape index (κ3) is 2.03. The first kappa shape index (κ1) is 9.84. The van der Waals surface area contributed by atoms with Crippen LogP contribution >= 0.6 is 11.6 Å². The lowest BCUT2D eigenvalue weighted by Gasteiger charge is -2.29. The van der Waals surface area contributed by atoms with Crippen LogP contribution in [0.4, 0.5) is 6.01 Å². The maximum atomic E-state index is 5.67. The number of halogens is 1. The van der Waals surface area contributed by atoms with Gasteiger partial charge < -0.3 is 9.32 Å². The van der Waals surface area contributed by atoms with E-state index in [0.29, 0.717) is 5.88 Å². The van der Waals surface area contributed by atoms with Crippen LogP contribution in [0.15, 0.2) is 10.7 Å². The summed E-state index contributed by atoms with van der Waals surface area (Å²) in [4.78, 5) is 6.51. The first-order valence-corrected chi connectivity index (χ1v) is 5.58. The van der Waals surface area contributed by atoms with E-state index in [9.17, 15) is 0 Å². The van der Waals surface area contributed by atoms with E-state index in [1.165, 1.54) is 12.8 Å². The van der Waals surface area contributed by atoms with Crippen LogP contribution < -0.4 is 4.90 Å². The summed E-state index contributed by atoms with van der Waals surface area (Å²) in [6.45, 7) is 4.35. The van der Waals surface area contributed by atoms with Gasteiger partial charge in [0.1, 0.15) is 6.26 Å². The predicted octanol–water partition coefficient (Wildman–Crippen LogP) is 2.65. The van der Waals surface area contributed by atoms with Gasteiger partial charge in [-0.15, -0.1) is 11.6 Å². The Hall–Kier alpha value is -0.700. The van der Waals surface area contributed by atoms with Gasteiger partial charge in [0.25, 0.3) is 6.01 Å². The molecule has 1 aromatic heterocycles. The van der Waals surface area contributed by atoms with Crippen LogP contribution in [0.3, 0.4) is 0 Å². The van der Waals surface area contributed by atoms with Crippen molar-refractivity contribution in [3.8, 4) is 0 Å². The molecular weight excluding hydrogens is 200 g/mol. The quantitative estimate of drug-likeness (QED) is 0.709. The number of rotatable bonds is 2. The number of piperidine rings is 1. The van der Waals surface area contributed by atoms with E-state index in [-0.39, 0.29) is 0 Å². The third-order valence-corrected chi connectivity index (χ3v) is 2.88. The Balaban J connectivity index is 2.06. The highest BCUT2D eigenvalue weighted by molar-refractivity contribution is 6.16. The number of oxazole rings is 1. The fraction of sp³-hybridized carbons (Fsp3) is 0.700. The number of alkyl halides is 1. The Morgan fingerprint density at radius 2 is 2.57 bits per heavy atom. The Bertz CT molecular complexity index is 300. The average Bonchev–Trinajstić information content (AvgIpc) is 2.66. The molecule has 0 saturated carbocycles. The molecule has 2 rings (SSSR count). The number of nitrogens with zero attached hydrogens (tertiary/aromatic N) is 2. The van der Waals surface area contributed by atoms with Crippen molar-refractivity contribution in [2.75, 3.05) is 18.0 Å². The minimum atomic E-state index is 0.424. The monoisotopic (exact) mass is 214 g/mol. The molecule has 0 aliphatic carbocycles. The summed E-state index contributed by atoms with van der Waals surface area (Å²) in [7, 11) is 0. The normalized spacial score (nSPS) is 22.7.